The molecule has 5 heteroatoms. The van der Waals surface area contributed by atoms with Crippen molar-refractivity contribution in [2.75, 3.05) is 25.7 Å². The number of carbonyl (C=O) groups is 1. The van der Waals surface area contributed by atoms with Crippen LogP contribution in [0.2, 0.25) is 0 Å². The smallest absolute Gasteiger partial charge is 0.227 e. The Hall–Kier alpha value is -0.260. The van der Waals surface area contributed by atoms with Crippen LogP contribution in [-0.2, 0) is 14.3 Å². The highest BCUT2D eigenvalue weighted by Gasteiger charge is 2.26. The molecule has 0 aromatic heterocycles. The molecule has 0 bridgehead atoms. The van der Waals surface area contributed by atoms with Crippen molar-refractivity contribution in [1.82, 2.24) is 0 Å². The number of nitrogens with two attached hydrogens (primary N) is 1. The second-order valence-corrected chi connectivity index (χ2v) is 3.62. The molecule has 0 radical (unpaired) electrons. The van der Waals surface area contributed by atoms with Gasteiger partial charge >= 0.3 is 0 Å². The first-order valence-corrected chi connectivity index (χ1v) is 5.22. The molecule has 0 aliphatic heterocycles. The molecule has 0 aliphatic carbocycles. The molecule has 2 N–H and O–H groups in total. The Morgan fingerprint density at radius 2 is 2.00 bits per heavy atom. The molecule has 0 saturated heterocycles. The Labute approximate surface area is 83.1 Å². The SMILES string of the molecule is CCC(CSCC(N)=O)(OC)OC. The highest BCUT2D eigenvalue weighted by Crippen LogP contribution is 2.21. The molecule has 0 aliphatic rings. The van der Waals surface area contributed by atoms with Gasteiger partial charge in [0.05, 0.1) is 5.75 Å². The van der Waals surface area contributed by atoms with E-state index in [1.807, 2.05) is 6.92 Å². The van der Waals surface area contributed by atoms with Crippen molar-refractivity contribution in [2.45, 2.75) is 19.1 Å². The van der Waals surface area contributed by atoms with E-state index in [9.17, 15) is 4.79 Å². The number of ether oxygens (including phenoxy) is 2. The van der Waals surface area contributed by atoms with Crippen LogP contribution in [0.5, 0.6) is 0 Å². The fourth-order valence-electron chi connectivity index (χ4n) is 0.899. The minimum atomic E-state index is -0.583. The van der Waals surface area contributed by atoms with Crippen LogP contribution in [0.4, 0.5) is 0 Å². The number of rotatable bonds is 7. The van der Waals surface area contributed by atoms with Crippen LogP contribution in [0.1, 0.15) is 13.3 Å². The van der Waals surface area contributed by atoms with Crippen molar-refractivity contribution in [3.63, 3.8) is 0 Å². The summed E-state index contributed by atoms with van der Waals surface area (Å²) < 4.78 is 10.4. The minimum absolute atomic E-state index is 0.300. The van der Waals surface area contributed by atoms with Crippen molar-refractivity contribution in [3.8, 4) is 0 Å². The van der Waals surface area contributed by atoms with Crippen LogP contribution in [0.3, 0.4) is 0 Å². The summed E-state index contributed by atoms with van der Waals surface area (Å²) in [6.07, 6.45) is 0.742. The molecule has 0 rings (SSSR count). The third-order valence-electron chi connectivity index (χ3n) is 1.85. The van der Waals surface area contributed by atoms with Gasteiger partial charge in [0.2, 0.25) is 5.91 Å². The zero-order valence-corrected chi connectivity index (χ0v) is 9.15. The van der Waals surface area contributed by atoms with E-state index in [-0.39, 0.29) is 5.91 Å². The highest BCUT2D eigenvalue weighted by molar-refractivity contribution is 8.00. The molecule has 1 amide bonds. The highest BCUT2D eigenvalue weighted by atomic mass is 32.2. The molecular weight excluding hydrogens is 190 g/mol. The Balaban J connectivity index is 3.88. The van der Waals surface area contributed by atoms with Crippen LogP contribution >= 0.6 is 11.8 Å². The van der Waals surface area contributed by atoms with E-state index in [1.54, 1.807) is 14.2 Å². The van der Waals surface area contributed by atoms with Gasteiger partial charge in [-0.15, -0.1) is 11.8 Å². The first kappa shape index (κ1) is 12.7. The lowest BCUT2D eigenvalue weighted by Gasteiger charge is -2.29. The number of methoxy groups -OCH3 is 2. The van der Waals surface area contributed by atoms with Crippen molar-refractivity contribution in [2.24, 2.45) is 5.73 Å². The van der Waals surface area contributed by atoms with E-state index >= 15 is 0 Å². The zero-order valence-electron chi connectivity index (χ0n) is 8.33. The third kappa shape index (κ3) is 4.50. The van der Waals surface area contributed by atoms with Gasteiger partial charge in [-0.25, -0.2) is 0 Å². The molecule has 0 unspecified atom stereocenters. The number of thioether (sulfide) groups is 1. The average Bonchev–Trinajstić information content (AvgIpc) is 2.13. The van der Waals surface area contributed by atoms with E-state index in [2.05, 4.69) is 0 Å². The van der Waals surface area contributed by atoms with E-state index in [0.29, 0.717) is 11.5 Å². The molecule has 0 heterocycles. The van der Waals surface area contributed by atoms with Crippen LogP contribution in [0.25, 0.3) is 0 Å². The molecule has 0 atom stereocenters. The zero-order chi connectivity index (χ0) is 10.3. The van der Waals surface area contributed by atoms with E-state index in [0.717, 1.165) is 6.42 Å². The van der Waals surface area contributed by atoms with Gasteiger partial charge < -0.3 is 15.2 Å². The van der Waals surface area contributed by atoms with E-state index in [1.165, 1.54) is 11.8 Å². The number of hydrogen-bond acceptors (Lipinski definition) is 4. The molecule has 78 valence electrons. The summed E-state index contributed by atoms with van der Waals surface area (Å²) in [6, 6.07) is 0. The monoisotopic (exact) mass is 207 g/mol. The summed E-state index contributed by atoms with van der Waals surface area (Å²) in [5.74, 6) is 0.0100. The fraction of sp³-hybridized carbons (Fsp3) is 0.875. The molecule has 0 saturated carbocycles. The lowest BCUT2D eigenvalue weighted by molar-refractivity contribution is -0.190. The van der Waals surface area contributed by atoms with Gasteiger partial charge in [0, 0.05) is 20.0 Å². The van der Waals surface area contributed by atoms with Gasteiger partial charge in [-0.1, -0.05) is 6.92 Å². The molecular formula is C8H17NO3S. The van der Waals surface area contributed by atoms with Gasteiger partial charge in [0.15, 0.2) is 5.79 Å². The van der Waals surface area contributed by atoms with Gasteiger partial charge in [-0.3, -0.25) is 4.79 Å². The summed E-state index contributed by atoms with van der Waals surface area (Å²) in [5.41, 5.74) is 5.00. The number of amides is 1. The topological polar surface area (TPSA) is 61.6 Å². The summed E-state index contributed by atoms with van der Waals surface area (Å²) >= 11 is 1.42. The molecule has 0 fully saturated rings. The number of primary amides is 1. The van der Waals surface area contributed by atoms with Crippen LogP contribution in [0, 0.1) is 0 Å². The number of carbonyl (C=O) groups excluding carboxylic acids is 1. The average molecular weight is 207 g/mol. The first-order valence-electron chi connectivity index (χ1n) is 4.06. The molecule has 4 nitrogen and oxygen atoms in total. The van der Waals surface area contributed by atoms with E-state index in [4.69, 9.17) is 15.2 Å². The quantitative estimate of drug-likeness (QED) is 0.621. The molecule has 0 aromatic rings. The number of hydrogen-bond donors (Lipinski definition) is 1. The summed E-state index contributed by atoms with van der Waals surface area (Å²) in [7, 11) is 3.19. The summed E-state index contributed by atoms with van der Waals surface area (Å²) in [6.45, 7) is 1.97. The van der Waals surface area contributed by atoms with Crippen LogP contribution < -0.4 is 5.73 Å². The normalized spacial score (nSPS) is 11.6. The van der Waals surface area contributed by atoms with Crippen molar-refractivity contribution in [3.05, 3.63) is 0 Å². The Bertz CT molecular complexity index is 151. The molecule has 13 heavy (non-hydrogen) atoms. The maximum absolute atomic E-state index is 10.5. The van der Waals surface area contributed by atoms with Crippen LogP contribution in [0.15, 0.2) is 0 Å². The summed E-state index contributed by atoms with van der Waals surface area (Å²) in [5, 5.41) is 0. The molecule has 0 aromatic carbocycles. The van der Waals surface area contributed by atoms with Crippen LogP contribution in [-0.4, -0.2) is 37.4 Å². The standard InChI is InChI=1S/C8H17NO3S/c1-4-8(11-2,12-3)6-13-5-7(9)10/h4-6H2,1-3H3,(H2,9,10). The lowest BCUT2D eigenvalue weighted by Crippen LogP contribution is -2.36. The largest absolute Gasteiger partial charge is 0.369 e. The fourth-order valence-corrected chi connectivity index (χ4v) is 1.95. The first-order chi connectivity index (χ1) is 6.10. The maximum Gasteiger partial charge on any atom is 0.227 e. The van der Waals surface area contributed by atoms with Gasteiger partial charge in [0.1, 0.15) is 0 Å². The van der Waals surface area contributed by atoms with Gasteiger partial charge in [0.25, 0.3) is 0 Å². The predicted molar refractivity (Wildman–Crippen MR) is 53.6 cm³/mol. The minimum Gasteiger partial charge on any atom is -0.369 e. The van der Waals surface area contributed by atoms with E-state index < -0.39 is 5.79 Å². The van der Waals surface area contributed by atoms with Crippen molar-refractivity contribution < 1.29 is 14.3 Å². The third-order valence-corrected chi connectivity index (χ3v) is 2.98. The Kier molecular flexibility index (Phi) is 6.11. The Morgan fingerprint density at radius 1 is 1.46 bits per heavy atom. The summed E-state index contributed by atoms with van der Waals surface area (Å²) in [4.78, 5) is 10.5. The van der Waals surface area contributed by atoms with Gasteiger partial charge in [-0.05, 0) is 6.42 Å². The molecule has 0 spiro atoms. The lowest BCUT2D eigenvalue weighted by atomic mass is 10.2. The second-order valence-electron chi connectivity index (χ2n) is 2.63. The maximum atomic E-state index is 10.5. The van der Waals surface area contributed by atoms with Gasteiger partial charge in [-0.2, -0.15) is 0 Å². The Morgan fingerprint density at radius 3 is 2.31 bits per heavy atom. The van der Waals surface area contributed by atoms with Crippen molar-refractivity contribution >= 4 is 17.7 Å². The second kappa shape index (κ2) is 6.23. The predicted octanol–water partition coefficient (Wildman–Crippen LogP) is 0.604. The van der Waals surface area contributed by atoms with Crippen molar-refractivity contribution in [1.29, 1.82) is 0 Å².